The summed E-state index contributed by atoms with van der Waals surface area (Å²) in [6.45, 7) is -0.709. The zero-order chi connectivity index (χ0) is 16.4. The van der Waals surface area contributed by atoms with Crippen LogP contribution in [0.2, 0.25) is 0 Å². The molecule has 0 aliphatic carbocycles. The van der Waals surface area contributed by atoms with Crippen molar-refractivity contribution in [3.63, 3.8) is 0 Å². The summed E-state index contributed by atoms with van der Waals surface area (Å²) in [5, 5.41) is 10.7. The first-order valence-electron chi connectivity index (χ1n) is 5.66. The van der Waals surface area contributed by atoms with Crippen molar-refractivity contribution in [1.29, 1.82) is 0 Å². The summed E-state index contributed by atoms with van der Waals surface area (Å²) >= 11 is 0. The number of rotatable bonds is 4. The molecule has 0 saturated carbocycles. The molecular formula is C11H11F4N3O3. The van der Waals surface area contributed by atoms with E-state index in [0.717, 1.165) is 6.07 Å². The molecule has 1 amide bonds. The molecular weight excluding hydrogens is 298 g/mol. The van der Waals surface area contributed by atoms with E-state index in [9.17, 15) is 32.5 Å². The second-order valence-electron chi connectivity index (χ2n) is 4.05. The average molecular weight is 309 g/mol. The van der Waals surface area contributed by atoms with Crippen molar-refractivity contribution in [3.8, 4) is 0 Å². The third-order valence-corrected chi connectivity index (χ3v) is 2.62. The molecule has 0 atom stereocenters. The van der Waals surface area contributed by atoms with Crippen LogP contribution in [-0.4, -0.2) is 35.0 Å². The first-order valence-corrected chi connectivity index (χ1v) is 5.66. The van der Waals surface area contributed by atoms with Crippen LogP contribution in [0.25, 0.3) is 0 Å². The van der Waals surface area contributed by atoms with Gasteiger partial charge in [-0.15, -0.1) is 0 Å². The van der Waals surface area contributed by atoms with Crippen LogP contribution in [0.5, 0.6) is 0 Å². The van der Waals surface area contributed by atoms with Gasteiger partial charge in [0.2, 0.25) is 0 Å². The molecule has 0 bridgehead atoms. The Morgan fingerprint density at radius 3 is 2.43 bits per heavy atom. The van der Waals surface area contributed by atoms with Crippen LogP contribution in [0.15, 0.2) is 12.1 Å². The minimum Gasteiger partial charge on any atom is -0.392 e. The molecule has 10 heteroatoms. The number of nitro groups is 1. The van der Waals surface area contributed by atoms with E-state index in [4.69, 9.17) is 5.73 Å². The lowest BCUT2D eigenvalue weighted by Gasteiger charge is -2.23. The standard InChI is InChI=1S/C11H11F4N3O3/c1-2-17(5-11(13,14)15)10(19)8-6(12)3-4-7(9(8)16)18(20)21/h3-4H,2,5,16H2,1H3. The summed E-state index contributed by atoms with van der Waals surface area (Å²) < 4.78 is 50.7. The van der Waals surface area contributed by atoms with Crippen LogP contribution in [0.3, 0.4) is 0 Å². The van der Waals surface area contributed by atoms with Crippen LogP contribution in [0.1, 0.15) is 17.3 Å². The summed E-state index contributed by atoms with van der Waals surface area (Å²) in [6, 6.07) is 1.35. The summed E-state index contributed by atoms with van der Waals surface area (Å²) in [7, 11) is 0. The maximum absolute atomic E-state index is 13.6. The highest BCUT2D eigenvalue weighted by Crippen LogP contribution is 2.29. The van der Waals surface area contributed by atoms with Gasteiger partial charge in [0.05, 0.1) is 4.92 Å². The van der Waals surface area contributed by atoms with Crippen molar-refractivity contribution in [3.05, 3.63) is 33.6 Å². The first-order chi connectivity index (χ1) is 9.58. The Bertz CT molecular complexity index is 575. The van der Waals surface area contributed by atoms with Gasteiger partial charge in [0.25, 0.3) is 11.6 Å². The lowest BCUT2D eigenvalue weighted by molar-refractivity contribution is -0.384. The highest BCUT2D eigenvalue weighted by Gasteiger charge is 2.35. The monoisotopic (exact) mass is 309 g/mol. The van der Waals surface area contributed by atoms with E-state index in [2.05, 4.69) is 0 Å². The molecule has 116 valence electrons. The number of nitro benzene ring substituents is 1. The highest BCUT2D eigenvalue weighted by atomic mass is 19.4. The topological polar surface area (TPSA) is 89.5 Å². The third kappa shape index (κ3) is 3.80. The van der Waals surface area contributed by atoms with E-state index in [0.29, 0.717) is 11.0 Å². The van der Waals surface area contributed by atoms with E-state index in [1.807, 2.05) is 0 Å². The smallest absolute Gasteiger partial charge is 0.392 e. The molecule has 1 aromatic rings. The Balaban J connectivity index is 3.28. The number of carbonyl (C=O) groups excluding carboxylic acids is 1. The van der Waals surface area contributed by atoms with E-state index in [-0.39, 0.29) is 6.54 Å². The third-order valence-electron chi connectivity index (χ3n) is 2.62. The molecule has 0 saturated heterocycles. The maximum atomic E-state index is 13.6. The summed E-state index contributed by atoms with van der Waals surface area (Å²) in [4.78, 5) is 22.0. The van der Waals surface area contributed by atoms with Gasteiger partial charge >= 0.3 is 6.18 Å². The zero-order valence-electron chi connectivity index (χ0n) is 10.8. The minimum absolute atomic E-state index is 0.304. The second-order valence-corrected chi connectivity index (χ2v) is 4.05. The molecule has 0 radical (unpaired) electrons. The molecule has 0 aliphatic rings. The Morgan fingerprint density at radius 1 is 1.43 bits per heavy atom. The Kier molecular flexibility index (Phi) is 4.71. The van der Waals surface area contributed by atoms with Gasteiger partial charge in [0, 0.05) is 12.6 Å². The van der Waals surface area contributed by atoms with Crippen molar-refractivity contribution in [2.75, 3.05) is 18.8 Å². The molecule has 0 aliphatic heterocycles. The normalized spacial score (nSPS) is 11.3. The van der Waals surface area contributed by atoms with Crippen LogP contribution in [0.4, 0.5) is 28.9 Å². The van der Waals surface area contributed by atoms with Crippen LogP contribution < -0.4 is 5.73 Å². The molecule has 21 heavy (non-hydrogen) atoms. The van der Waals surface area contributed by atoms with Crippen LogP contribution in [0, 0.1) is 15.9 Å². The number of alkyl halides is 3. The number of nitrogen functional groups attached to an aromatic ring is 1. The molecule has 0 unspecified atom stereocenters. The van der Waals surface area contributed by atoms with Gasteiger partial charge in [0.15, 0.2) is 0 Å². The average Bonchev–Trinajstić information content (AvgIpc) is 2.34. The molecule has 0 spiro atoms. The van der Waals surface area contributed by atoms with Crippen molar-refractivity contribution in [1.82, 2.24) is 4.90 Å². The number of benzene rings is 1. The molecule has 6 nitrogen and oxygen atoms in total. The summed E-state index contributed by atoms with van der Waals surface area (Å²) in [5.41, 5.74) is 2.85. The fourth-order valence-corrected chi connectivity index (χ4v) is 1.66. The summed E-state index contributed by atoms with van der Waals surface area (Å²) in [6.07, 6.45) is -4.68. The Hall–Kier alpha value is -2.39. The van der Waals surface area contributed by atoms with Crippen molar-refractivity contribution < 1.29 is 27.3 Å². The number of hydrogen-bond donors (Lipinski definition) is 1. The summed E-state index contributed by atoms with van der Waals surface area (Å²) in [5.74, 6) is -2.57. The number of hydrogen-bond acceptors (Lipinski definition) is 4. The van der Waals surface area contributed by atoms with Gasteiger partial charge in [-0.25, -0.2) is 4.39 Å². The van der Waals surface area contributed by atoms with Crippen LogP contribution in [-0.2, 0) is 0 Å². The molecule has 1 rings (SSSR count). The SMILES string of the molecule is CCN(CC(F)(F)F)C(=O)c1c(F)ccc([N+](=O)[O-])c1N. The lowest BCUT2D eigenvalue weighted by atomic mass is 10.1. The fourth-order valence-electron chi connectivity index (χ4n) is 1.66. The molecule has 1 aromatic carbocycles. The number of nitrogens with zero attached hydrogens (tertiary/aromatic N) is 2. The van der Waals surface area contributed by atoms with E-state index < -0.39 is 46.3 Å². The van der Waals surface area contributed by atoms with Gasteiger partial charge in [-0.05, 0) is 13.0 Å². The predicted octanol–water partition coefficient (Wildman–Crippen LogP) is 2.34. The highest BCUT2D eigenvalue weighted by molar-refractivity contribution is 6.01. The van der Waals surface area contributed by atoms with Gasteiger partial charge in [-0.2, -0.15) is 13.2 Å². The van der Waals surface area contributed by atoms with Gasteiger partial charge in [-0.3, -0.25) is 14.9 Å². The van der Waals surface area contributed by atoms with E-state index in [1.54, 1.807) is 0 Å². The Labute approximate surface area is 116 Å². The quantitative estimate of drug-likeness (QED) is 0.400. The van der Waals surface area contributed by atoms with Gasteiger partial charge < -0.3 is 10.6 Å². The van der Waals surface area contributed by atoms with E-state index in [1.165, 1.54) is 6.92 Å². The van der Waals surface area contributed by atoms with Crippen molar-refractivity contribution >= 4 is 17.3 Å². The zero-order valence-corrected chi connectivity index (χ0v) is 10.8. The minimum atomic E-state index is -4.68. The number of nitrogens with two attached hydrogens (primary N) is 1. The second kappa shape index (κ2) is 5.94. The fraction of sp³-hybridized carbons (Fsp3) is 0.364. The lowest BCUT2D eigenvalue weighted by Crippen LogP contribution is -2.39. The number of anilines is 1. The van der Waals surface area contributed by atoms with Gasteiger partial charge in [-0.1, -0.05) is 0 Å². The molecule has 0 heterocycles. The number of halogens is 4. The maximum Gasteiger partial charge on any atom is 0.406 e. The Morgan fingerprint density at radius 2 is 2.00 bits per heavy atom. The molecule has 0 fully saturated rings. The number of amides is 1. The first kappa shape index (κ1) is 16.7. The van der Waals surface area contributed by atoms with Crippen LogP contribution >= 0.6 is 0 Å². The van der Waals surface area contributed by atoms with Gasteiger partial charge in [0.1, 0.15) is 23.6 Å². The van der Waals surface area contributed by atoms with Crippen molar-refractivity contribution in [2.45, 2.75) is 13.1 Å². The molecule has 2 N–H and O–H groups in total. The molecule has 0 aromatic heterocycles. The van der Waals surface area contributed by atoms with E-state index >= 15 is 0 Å². The largest absolute Gasteiger partial charge is 0.406 e. The number of carbonyl (C=O) groups is 1. The van der Waals surface area contributed by atoms with Crippen molar-refractivity contribution in [2.24, 2.45) is 0 Å². The predicted molar refractivity (Wildman–Crippen MR) is 65.1 cm³/mol.